The number of hydrogen-bond donors (Lipinski definition) is 2. The molecule has 2 amide bonds. The van der Waals surface area contributed by atoms with E-state index in [-0.39, 0.29) is 18.4 Å². The van der Waals surface area contributed by atoms with E-state index in [9.17, 15) is 14.4 Å². The van der Waals surface area contributed by atoms with Gasteiger partial charge in [-0.1, -0.05) is 18.2 Å². The number of aromatic amines is 1. The Morgan fingerprint density at radius 3 is 2.88 bits per heavy atom. The number of aliphatic carboxylic acids is 1. The van der Waals surface area contributed by atoms with Crippen LogP contribution >= 0.6 is 0 Å². The van der Waals surface area contributed by atoms with Crippen LogP contribution in [0.5, 0.6) is 0 Å². The number of H-pyrrole nitrogens is 1. The number of fused-ring (bicyclic) bond motifs is 4. The summed E-state index contributed by atoms with van der Waals surface area (Å²) < 4.78 is 0. The Labute approximate surface area is 136 Å². The summed E-state index contributed by atoms with van der Waals surface area (Å²) in [5, 5.41) is 14.3. The molecule has 1 aromatic carbocycles. The maximum absolute atomic E-state index is 12.6. The molecule has 1 aromatic heterocycles. The number of hydrazone groups is 1. The largest absolute Gasteiger partial charge is 0.477 e. The number of aromatic nitrogens is 1. The van der Waals surface area contributed by atoms with Gasteiger partial charge in [0.1, 0.15) is 18.8 Å². The molecule has 0 aliphatic carbocycles. The van der Waals surface area contributed by atoms with E-state index in [0.29, 0.717) is 19.2 Å². The van der Waals surface area contributed by atoms with Gasteiger partial charge < -0.3 is 15.0 Å². The third-order valence-electron chi connectivity index (χ3n) is 4.46. The Morgan fingerprint density at radius 1 is 1.29 bits per heavy atom. The predicted molar refractivity (Wildman–Crippen MR) is 84.2 cm³/mol. The van der Waals surface area contributed by atoms with E-state index in [1.165, 1.54) is 4.90 Å². The Morgan fingerprint density at radius 2 is 2.08 bits per heavy atom. The summed E-state index contributed by atoms with van der Waals surface area (Å²) in [6, 6.07) is 7.15. The first-order chi connectivity index (χ1) is 11.5. The minimum atomic E-state index is -1.26. The monoisotopic (exact) mass is 326 g/mol. The van der Waals surface area contributed by atoms with Crippen LogP contribution in [-0.4, -0.2) is 56.6 Å². The van der Waals surface area contributed by atoms with Crippen LogP contribution in [0.15, 0.2) is 29.4 Å². The van der Waals surface area contributed by atoms with E-state index in [2.05, 4.69) is 10.1 Å². The smallest absolute Gasteiger partial charge is 0.348 e. The number of amides is 2. The van der Waals surface area contributed by atoms with Crippen molar-refractivity contribution in [3.05, 3.63) is 35.5 Å². The maximum atomic E-state index is 12.6. The number of para-hydroxylation sites is 1. The highest BCUT2D eigenvalue weighted by Crippen LogP contribution is 2.32. The number of nitrogens with zero attached hydrogens (tertiary/aromatic N) is 3. The molecule has 8 nitrogen and oxygen atoms in total. The second-order valence-electron chi connectivity index (χ2n) is 5.85. The van der Waals surface area contributed by atoms with Crippen molar-refractivity contribution < 1.29 is 19.5 Å². The molecule has 1 fully saturated rings. The summed E-state index contributed by atoms with van der Waals surface area (Å²) in [6.45, 7) is 0.102. The van der Waals surface area contributed by atoms with Crippen molar-refractivity contribution in [3.63, 3.8) is 0 Å². The Kier molecular flexibility index (Phi) is 3.12. The number of carboxylic acid groups (broad SMARTS) is 1. The van der Waals surface area contributed by atoms with Gasteiger partial charge in [0.2, 0.25) is 5.91 Å². The normalized spacial score (nSPS) is 20.6. The van der Waals surface area contributed by atoms with Crippen molar-refractivity contribution in [1.29, 1.82) is 0 Å². The van der Waals surface area contributed by atoms with Crippen LogP contribution in [0.2, 0.25) is 0 Å². The van der Waals surface area contributed by atoms with Crippen molar-refractivity contribution in [1.82, 2.24) is 14.9 Å². The lowest BCUT2D eigenvalue weighted by molar-refractivity contribution is -0.157. The molecule has 24 heavy (non-hydrogen) atoms. The molecule has 0 spiro atoms. The van der Waals surface area contributed by atoms with Crippen LogP contribution in [0, 0.1) is 0 Å². The Balaban J connectivity index is 1.71. The third-order valence-corrected chi connectivity index (χ3v) is 4.46. The average molecular weight is 326 g/mol. The maximum Gasteiger partial charge on any atom is 0.348 e. The molecule has 3 heterocycles. The lowest BCUT2D eigenvalue weighted by Gasteiger charge is -2.40. The summed E-state index contributed by atoms with van der Waals surface area (Å²) in [6.07, 6.45) is 1.02. The zero-order valence-electron chi connectivity index (χ0n) is 12.6. The first-order valence-corrected chi connectivity index (χ1v) is 7.51. The van der Waals surface area contributed by atoms with Gasteiger partial charge >= 0.3 is 5.97 Å². The van der Waals surface area contributed by atoms with E-state index >= 15 is 0 Å². The molecule has 2 aliphatic rings. The van der Waals surface area contributed by atoms with Crippen molar-refractivity contribution in [3.8, 4) is 0 Å². The van der Waals surface area contributed by atoms with Crippen molar-refractivity contribution >= 4 is 34.9 Å². The molecule has 0 unspecified atom stereocenters. The Bertz CT molecular complexity index is 901. The first kappa shape index (κ1) is 14.4. The molecule has 0 bridgehead atoms. The Hall–Kier alpha value is -3.16. The van der Waals surface area contributed by atoms with E-state index in [4.69, 9.17) is 5.11 Å². The van der Waals surface area contributed by atoms with E-state index in [1.54, 1.807) is 0 Å². The van der Waals surface area contributed by atoms with Gasteiger partial charge in [-0.3, -0.25) is 9.59 Å². The number of rotatable bonds is 2. The molecule has 0 saturated carbocycles. The summed E-state index contributed by atoms with van der Waals surface area (Å²) in [5.41, 5.74) is 2.94. The molecule has 1 atom stereocenters. The number of benzene rings is 1. The van der Waals surface area contributed by atoms with Gasteiger partial charge in [0, 0.05) is 23.0 Å². The van der Waals surface area contributed by atoms with Gasteiger partial charge in [0.05, 0.1) is 6.54 Å². The van der Waals surface area contributed by atoms with Crippen LogP contribution in [0.1, 0.15) is 11.3 Å². The van der Waals surface area contributed by atoms with Crippen LogP contribution < -0.4 is 0 Å². The number of hydrogen-bond acceptors (Lipinski definition) is 4. The standard InChI is InChI=1S/C16H14N4O4/c21-14-8-20(17-6-15(22)23)16(24)13-5-10-9-3-1-2-4-11(9)18-12(10)7-19(13)14/h1-4,6,13,18H,5,7-8H2,(H,22,23)/b17-6-/t13-/m0/s1. The molecule has 0 radical (unpaired) electrons. The highest BCUT2D eigenvalue weighted by atomic mass is 16.4. The average Bonchev–Trinajstić information content (AvgIpc) is 2.93. The SMILES string of the molecule is O=C(O)/C=N\N1CC(=O)N2Cc3[nH]c4ccccc4c3C[C@H]2C1=O. The lowest BCUT2D eigenvalue weighted by atomic mass is 9.94. The summed E-state index contributed by atoms with van der Waals surface area (Å²) >= 11 is 0. The second-order valence-corrected chi connectivity index (χ2v) is 5.85. The topological polar surface area (TPSA) is 106 Å². The quantitative estimate of drug-likeness (QED) is 0.776. The number of carbonyl (C=O) groups is 3. The lowest BCUT2D eigenvalue weighted by Crippen LogP contribution is -2.60. The fourth-order valence-corrected chi connectivity index (χ4v) is 3.38. The minimum absolute atomic E-state index is 0.241. The summed E-state index contributed by atoms with van der Waals surface area (Å²) in [4.78, 5) is 40.4. The highest BCUT2D eigenvalue weighted by Gasteiger charge is 2.43. The van der Waals surface area contributed by atoms with Crippen LogP contribution in [0.4, 0.5) is 0 Å². The van der Waals surface area contributed by atoms with E-state index < -0.39 is 12.0 Å². The van der Waals surface area contributed by atoms with Crippen molar-refractivity contribution in [2.45, 2.75) is 19.0 Å². The number of carbonyl (C=O) groups excluding carboxylic acids is 2. The van der Waals surface area contributed by atoms with Gasteiger partial charge in [-0.05, 0) is 11.6 Å². The number of piperazine rings is 1. The zero-order chi connectivity index (χ0) is 16.8. The van der Waals surface area contributed by atoms with Gasteiger partial charge in [-0.2, -0.15) is 5.10 Å². The summed E-state index contributed by atoms with van der Waals surface area (Å²) in [5.74, 6) is -1.87. The third kappa shape index (κ3) is 2.15. The molecule has 4 rings (SSSR count). The second kappa shape index (κ2) is 5.19. The molecular weight excluding hydrogens is 312 g/mol. The zero-order valence-corrected chi connectivity index (χ0v) is 12.6. The fourth-order valence-electron chi connectivity index (χ4n) is 3.38. The van der Waals surface area contributed by atoms with E-state index in [0.717, 1.165) is 27.2 Å². The predicted octanol–water partition coefficient (Wildman–Crippen LogP) is 0.334. The van der Waals surface area contributed by atoms with Gasteiger partial charge in [0.25, 0.3) is 5.91 Å². The molecule has 2 aromatic rings. The van der Waals surface area contributed by atoms with Crippen LogP contribution in [0.25, 0.3) is 10.9 Å². The molecular formula is C16H14N4O4. The molecule has 2 aliphatic heterocycles. The molecule has 2 N–H and O–H groups in total. The molecule has 8 heteroatoms. The van der Waals surface area contributed by atoms with Crippen molar-refractivity contribution in [2.75, 3.05) is 6.54 Å². The molecule has 122 valence electrons. The highest BCUT2D eigenvalue weighted by molar-refractivity contribution is 6.22. The van der Waals surface area contributed by atoms with E-state index in [1.807, 2.05) is 24.3 Å². The minimum Gasteiger partial charge on any atom is -0.477 e. The van der Waals surface area contributed by atoms with Crippen LogP contribution in [0.3, 0.4) is 0 Å². The van der Waals surface area contributed by atoms with Crippen LogP contribution in [-0.2, 0) is 27.3 Å². The number of nitrogens with one attached hydrogen (secondary N) is 1. The van der Waals surface area contributed by atoms with Gasteiger partial charge in [-0.25, -0.2) is 9.80 Å². The summed E-state index contributed by atoms with van der Waals surface area (Å²) in [7, 11) is 0. The first-order valence-electron chi connectivity index (χ1n) is 7.51. The van der Waals surface area contributed by atoms with Gasteiger partial charge in [-0.15, -0.1) is 0 Å². The molecule has 1 saturated heterocycles. The fraction of sp³-hybridized carbons (Fsp3) is 0.250. The van der Waals surface area contributed by atoms with Gasteiger partial charge in [0.15, 0.2) is 0 Å². The number of carboxylic acids is 1. The van der Waals surface area contributed by atoms with Crippen molar-refractivity contribution in [2.24, 2.45) is 5.10 Å².